The summed E-state index contributed by atoms with van der Waals surface area (Å²) in [7, 11) is 0. The van der Waals surface area contributed by atoms with Crippen molar-refractivity contribution in [2.24, 2.45) is 0 Å². The number of amides is 2. The minimum Gasteiger partial charge on any atom is -0.339 e. The van der Waals surface area contributed by atoms with Gasteiger partial charge in [0, 0.05) is 31.2 Å². The van der Waals surface area contributed by atoms with E-state index in [1.54, 1.807) is 11.8 Å². The van der Waals surface area contributed by atoms with Crippen molar-refractivity contribution in [3.63, 3.8) is 0 Å². The van der Waals surface area contributed by atoms with Gasteiger partial charge in [0.1, 0.15) is 0 Å². The first-order valence-corrected chi connectivity index (χ1v) is 11.1. The van der Waals surface area contributed by atoms with Crippen LogP contribution in [0, 0.1) is 0 Å². The van der Waals surface area contributed by atoms with Crippen molar-refractivity contribution < 1.29 is 22.8 Å². The average molecular weight is 482 g/mol. The third-order valence-electron chi connectivity index (χ3n) is 6.10. The predicted octanol–water partition coefficient (Wildman–Crippen LogP) is 4.81. The molecular weight excluding hydrogens is 455 g/mol. The molecule has 33 heavy (non-hydrogen) atoms. The van der Waals surface area contributed by atoms with Gasteiger partial charge in [0.25, 0.3) is 0 Å². The molecule has 1 aliphatic rings. The number of benzene rings is 2. The van der Waals surface area contributed by atoms with E-state index in [2.05, 4.69) is 5.32 Å². The van der Waals surface area contributed by atoms with Gasteiger partial charge >= 0.3 is 6.18 Å². The lowest BCUT2D eigenvalue weighted by atomic mass is 9.83. The van der Waals surface area contributed by atoms with E-state index >= 15 is 0 Å². The van der Waals surface area contributed by atoms with Crippen LogP contribution in [-0.2, 0) is 21.2 Å². The molecule has 2 aromatic rings. The molecule has 0 saturated carbocycles. The van der Waals surface area contributed by atoms with Gasteiger partial charge in [0.05, 0.1) is 22.7 Å². The topological polar surface area (TPSA) is 52.7 Å². The van der Waals surface area contributed by atoms with E-state index in [1.165, 1.54) is 6.07 Å². The summed E-state index contributed by atoms with van der Waals surface area (Å²) in [6.45, 7) is 7.16. The molecule has 1 saturated heterocycles. The van der Waals surface area contributed by atoms with Crippen LogP contribution in [0.5, 0.6) is 0 Å². The summed E-state index contributed by atoms with van der Waals surface area (Å²) in [5.41, 5.74) is -1.08. The lowest BCUT2D eigenvalue weighted by molar-refractivity contribution is -0.138. The van der Waals surface area contributed by atoms with Crippen molar-refractivity contribution in [2.45, 2.75) is 38.4 Å². The number of rotatable bonds is 5. The zero-order valence-electron chi connectivity index (χ0n) is 18.7. The highest BCUT2D eigenvalue weighted by Gasteiger charge is 2.37. The maximum absolute atomic E-state index is 13.3. The average Bonchev–Trinajstić information content (AvgIpc) is 2.79. The van der Waals surface area contributed by atoms with Crippen LogP contribution in [0.2, 0.25) is 5.02 Å². The highest BCUT2D eigenvalue weighted by Crippen LogP contribution is 2.36. The van der Waals surface area contributed by atoms with Crippen LogP contribution in [0.1, 0.15) is 31.9 Å². The van der Waals surface area contributed by atoms with Gasteiger partial charge < -0.3 is 10.2 Å². The van der Waals surface area contributed by atoms with Crippen LogP contribution in [-0.4, -0.2) is 53.8 Å². The van der Waals surface area contributed by atoms with E-state index < -0.39 is 29.1 Å². The second-order valence-electron chi connectivity index (χ2n) is 8.67. The molecule has 1 fully saturated rings. The third-order valence-corrected chi connectivity index (χ3v) is 6.34. The number of carbonyl (C=O) groups excluding carboxylic acids is 2. The Labute approximate surface area is 196 Å². The van der Waals surface area contributed by atoms with Crippen molar-refractivity contribution in [1.29, 1.82) is 0 Å². The smallest absolute Gasteiger partial charge is 0.339 e. The van der Waals surface area contributed by atoms with Crippen LogP contribution >= 0.6 is 11.6 Å². The second-order valence-corrected chi connectivity index (χ2v) is 9.11. The summed E-state index contributed by atoms with van der Waals surface area (Å²) in [4.78, 5) is 29.5. The molecule has 9 heteroatoms. The Bertz CT molecular complexity index is 1000. The number of nitrogens with one attached hydrogen (secondary N) is 1. The lowest BCUT2D eigenvalue weighted by Crippen LogP contribution is -2.56. The van der Waals surface area contributed by atoms with Gasteiger partial charge in [0.2, 0.25) is 11.8 Å². The summed E-state index contributed by atoms with van der Waals surface area (Å²) < 4.78 is 39.9. The normalized spacial score (nSPS) is 16.4. The zero-order valence-corrected chi connectivity index (χ0v) is 19.5. The Balaban J connectivity index is 1.62. The monoisotopic (exact) mass is 481 g/mol. The van der Waals surface area contributed by atoms with E-state index in [-0.39, 0.29) is 16.6 Å². The minimum absolute atomic E-state index is 0.00133. The summed E-state index contributed by atoms with van der Waals surface area (Å²) in [6.07, 6.45) is -4.64. The molecule has 2 amide bonds. The number of halogens is 4. The molecule has 3 rings (SSSR count). The van der Waals surface area contributed by atoms with E-state index in [9.17, 15) is 22.8 Å². The fraction of sp³-hybridized carbons (Fsp3) is 0.417. The summed E-state index contributed by atoms with van der Waals surface area (Å²) in [5.74, 6) is -0.548. The molecule has 0 bridgehead atoms. The first-order chi connectivity index (χ1) is 15.4. The number of piperazine rings is 1. The highest BCUT2D eigenvalue weighted by atomic mass is 35.5. The molecule has 0 spiro atoms. The molecule has 178 valence electrons. The molecule has 0 aromatic heterocycles. The Morgan fingerprint density at radius 3 is 2.18 bits per heavy atom. The first-order valence-electron chi connectivity index (χ1n) is 10.7. The third kappa shape index (κ3) is 5.68. The molecular formula is C24H27ClF3N3O2. The number of hydrogen-bond donors (Lipinski definition) is 1. The van der Waals surface area contributed by atoms with Gasteiger partial charge in [-0.25, -0.2) is 0 Å². The molecule has 0 aliphatic carbocycles. The predicted molar refractivity (Wildman–Crippen MR) is 122 cm³/mol. The van der Waals surface area contributed by atoms with Crippen LogP contribution < -0.4 is 5.32 Å². The number of anilines is 1. The highest BCUT2D eigenvalue weighted by molar-refractivity contribution is 6.30. The number of carbonyl (C=O) groups is 2. The van der Waals surface area contributed by atoms with Crippen LogP contribution in [0.25, 0.3) is 0 Å². The molecule has 0 radical (unpaired) electrons. The van der Waals surface area contributed by atoms with Gasteiger partial charge in [0.15, 0.2) is 0 Å². The fourth-order valence-corrected chi connectivity index (χ4v) is 4.12. The number of nitrogens with zero attached hydrogens (tertiary/aromatic N) is 2. The van der Waals surface area contributed by atoms with Crippen molar-refractivity contribution in [3.05, 3.63) is 64.7 Å². The molecule has 2 aromatic carbocycles. The molecule has 1 aliphatic heterocycles. The van der Waals surface area contributed by atoms with Crippen molar-refractivity contribution >= 4 is 29.1 Å². The Kier molecular flexibility index (Phi) is 7.39. The lowest BCUT2D eigenvalue weighted by Gasteiger charge is -2.40. The van der Waals surface area contributed by atoms with Crippen molar-refractivity contribution in [1.82, 2.24) is 9.80 Å². The Morgan fingerprint density at radius 2 is 1.61 bits per heavy atom. The zero-order chi connectivity index (χ0) is 24.4. The Hall–Kier alpha value is -2.58. The standard InChI is InChI=1S/C24H27ClF3N3O2/c1-16(21(32)29-20-10-9-18(25)15-19(20)24(26,27)28)30-11-13-31(14-12-30)22(33)23(2,3)17-7-5-4-6-8-17/h4-10,15-16H,11-14H2,1-3H3,(H,29,32). The van der Waals surface area contributed by atoms with Gasteiger partial charge in [-0.1, -0.05) is 41.9 Å². The summed E-state index contributed by atoms with van der Waals surface area (Å²) >= 11 is 5.70. The fourth-order valence-electron chi connectivity index (χ4n) is 3.95. The van der Waals surface area contributed by atoms with Crippen molar-refractivity contribution in [2.75, 3.05) is 31.5 Å². The number of hydrogen-bond acceptors (Lipinski definition) is 3. The van der Waals surface area contributed by atoms with Crippen LogP contribution in [0.15, 0.2) is 48.5 Å². The molecule has 1 heterocycles. The van der Waals surface area contributed by atoms with Gasteiger partial charge in [-0.2, -0.15) is 13.2 Å². The Morgan fingerprint density at radius 1 is 1.00 bits per heavy atom. The largest absolute Gasteiger partial charge is 0.418 e. The molecule has 1 N–H and O–H groups in total. The van der Waals surface area contributed by atoms with E-state index in [0.717, 1.165) is 17.7 Å². The maximum Gasteiger partial charge on any atom is 0.418 e. The molecule has 1 atom stereocenters. The quantitative estimate of drug-likeness (QED) is 0.667. The van der Waals surface area contributed by atoms with Gasteiger partial charge in [-0.15, -0.1) is 0 Å². The molecule has 5 nitrogen and oxygen atoms in total. The summed E-state index contributed by atoms with van der Waals surface area (Å²) in [5, 5.41) is 2.32. The SMILES string of the molecule is CC(C(=O)Nc1ccc(Cl)cc1C(F)(F)F)N1CCN(C(=O)C(C)(C)c2ccccc2)CC1. The minimum atomic E-state index is -4.64. The van der Waals surface area contributed by atoms with E-state index in [1.807, 2.05) is 49.1 Å². The van der Waals surface area contributed by atoms with Gasteiger partial charge in [-0.3, -0.25) is 14.5 Å². The second kappa shape index (κ2) is 9.73. The van der Waals surface area contributed by atoms with Crippen molar-refractivity contribution in [3.8, 4) is 0 Å². The van der Waals surface area contributed by atoms with E-state index in [0.29, 0.717) is 26.2 Å². The van der Waals surface area contributed by atoms with Gasteiger partial charge in [-0.05, 0) is 44.5 Å². The van der Waals surface area contributed by atoms with E-state index in [4.69, 9.17) is 11.6 Å². The maximum atomic E-state index is 13.3. The molecule has 1 unspecified atom stereocenters. The summed E-state index contributed by atoms with van der Waals surface area (Å²) in [6, 6.07) is 12.1. The first kappa shape index (κ1) is 25.1. The number of alkyl halides is 3. The van der Waals surface area contributed by atoms with Crippen LogP contribution in [0.4, 0.5) is 18.9 Å². The van der Waals surface area contributed by atoms with Crippen LogP contribution in [0.3, 0.4) is 0 Å².